The van der Waals surface area contributed by atoms with Crippen LogP contribution in [0.5, 0.6) is 0 Å². The molecule has 0 fully saturated rings. The van der Waals surface area contributed by atoms with E-state index in [2.05, 4.69) is 133 Å². The van der Waals surface area contributed by atoms with Crippen molar-refractivity contribution in [3.63, 3.8) is 0 Å². The second kappa shape index (κ2) is 11.9. The molecular weight excluding hydrogens is 621 g/mol. The largest absolute Gasteiger partial charge is 0.455 e. The van der Waals surface area contributed by atoms with Gasteiger partial charge in [0.1, 0.15) is 11.2 Å². The first kappa shape index (κ1) is 29.1. The lowest BCUT2D eigenvalue weighted by Crippen LogP contribution is -1.96. The molecule has 8 aromatic carbocycles. The second-order valence-corrected chi connectivity index (χ2v) is 12.9. The van der Waals surface area contributed by atoms with Gasteiger partial charge in [0.25, 0.3) is 0 Å². The van der Waals surface area contributed by atoms with Crippen molar-refractivity contribution in [2.45, 2.75) is 0 Å². The second-order valence-electron chi connectivity index (χ2n) is 12.9. The molecule has 51 heavy (non-hydrogen) atoms. The Bertz CT molecular complexity index is 2830. The quantitative estimate of drug-likeness (QED) is 0.174. The molecule has 0 radical (unpaired) electrons. The van der Waals surface area contributed by atoms with E-state index >= 15 is 0 Å². The van der Waals surface area contributed by atoms with Crippen LogP contribution in [-0.2, 0) is 0 Å². The van der Waals surface area contributed by atoms with E-state index in [9.17, 15) is 0 Å². The highest BCUT2D eigenvalue weighted by atomic mass is 16.3. The predicted octanol–water partition coefficient (Wildman–Crippen LogP) is 13.0. The zero-order chi connectivity index (χ0) is 33.7. The third kappa shape index (κ3) is 4.98. The van der Waals surface area contributed by atoms with Gasteiger partial charge in [0.15, 0.2) is 5.82 Å². The number of rotatable bonds is 5. The van der Waals surface area contributed by atoms with Crippen molar-refractivity contribution < 1.29 is 4.42 Å². The van der Waals surface area contributed by atoms with E-state index in [-0.39, 0.29) is 0 Å². The van der Waals surface area contributed by atoms with Crippen LogP contribution in [-0.4, -0.2) is 9.97 Å². The normalized spacial score (nSPS) is 11.5. The smallest absolute Gasteiger partial charge is 0.160 e. The highest BCUT2D eigenvalue weighted by molar-refractivity contribution is 6.17. The predicted molar refractivity (Wildman–Crippen MR) is 212 cm³/mol. The van der Waals surface area contributed by atoms with Crippen LogP contribution >= 0.6 is 0 Å². The molecule has 0 aliphatic carbocycles. The first-order chi connectivity index (χ1) is 25.3. The molecule has 0 bridgehead atoms. The summed E-state index contributed by atoms with van der Waals surface area (Å²) in [5.74, 6) is 0.678. The van der Waals surface area contributed by atoms with Gasteiger partial charge in [0.05, 0.1) is 11.4 Å². The lowest BCUT2D eigenvalue weighted by atomic mass is 9.91. The highest BCUT2D eigenvalue weighted by Crippen LogP contribution is 2.43. The molecule has 238 valence electrons. The molecule has 10 rings (SSSR count). The minimum Gasteiger partial charge on any atom is -0.455 e. The number of benzene rings is 8. The van der Waals surface area contributed by atoms with E-state index in [4.69, 9.17) is 14.4 Å². The maximum Gasteiger partial charge on any atom is 0.160 e. The topological polar surface area (TPSA) is 38.9 Å². The Morgan fingerprint density at radius 1 is 0.353 bits per heavy atom. The molecule has 0 aliphatic heterocycles. The van der Waals surface area contributed by atoms with Crippen molar-refractivity contribution in [3.05, 3.63) is 182 Å². The van der Waals surface area contributed by atoms with Gasteiger partial charge < -0.3 is 4.42 Å². The van der Waals surface area contributed by atoms with Gasteiger partial charge in [-0.15, -0.1) is 0 Å². The third-order valence-electron chi connectivity index (χ3n) is 9.90. The standard InChI is InChI=1S/C48H30N2O/c1-3-13-33(14-4-1)43-30-44(50-48(49-43)34-15-5-2-6-16-34)40-28-27-37(46-41-21-11-12-22-45(41)51-47(40)46)31-23-25-32(26-24-31)42-29-35-17-7-8-18-36(35)38-19-9-10-20-39(38)42/h1-30H. The van der Waals surface area contributed by atoms with Crippen molar-refractivity contribution in [2.24, 2.45) is 0 Å². The lowest BCUT2D eigenvalue weighted by molar-refractivity contribution is 0.670. The van der Waals surface area contributed by atoms with Gasteiger partial charge in [-0.2, -0.15) is 0 Å². The monoisotopic (exact) mass is 650 g/mol. The minimum absolute atomic E-state index is 0.678. The van der Waals surface area contributed by atoms with Gasteiger partial charge in [-0.3, -0.25) is 0 Å². The zero-order valence-electron chi connectivity index (χ0n) is 27.6. The molecule has 0 aliphatic rings. The summed E-state index contributed by atoms with van der Waals surface area (Å²) in [4.78, 5) is 10.2. The molecule has 10 aromatic rings. The van der Waals surface area contributed by atoms with Gasteiger partial charge in [-0.05, 0) is 68.1 Å². The summed E-state index contributed by atoms with van der Waals surface area (Å²) in [6.45, 7) is 0. The first-order valence-corrected chi connectivity index (χ1v) is 17.2. The Hall–Kier alpha value is -6.84. The van der Waals surface area contributed by atoms with Gasteiger partial charge >= 0.3 is 0 Å². The van der Waals surface area contributed by atoms with E-state index in [1.807, 2.05) is 48.5 Å². The summed E-state index contributed by atoms with van der Waals surface area (Å²) in [6.07, 6.45) is 0. The Labute approximate surface area is 295 Å². The minimum atomic E-state index is 0.678. The molecule has 0 N–H and O–H groups in total. The molecule has 0 saturated heterocycles. The zero-order valence-corrected chi connectivity index (χ0v) is 27.6. The van der Waals surface area contributed by atoms with Crippen molar-refractivity contribution in [2.75, 3.05) is 0 Å². The van der Waals surface area contributed by atoms with Gasteiger partial charge in [0.2, 0.25) is 0 Å². The van der Waals surface area contributed by atoms with Gasteiger partial charge in [0, 0.05) is 27.5 Å². The van der Waals surface area contributed by atoms with E-state index in [1.54, 1.807) is 0 Å². The van der Waals surface area contributed by atoms with Gasteiger partial charge in [-0.25, -0.2) is 9.97 Å². The number of para-hydroxylation sites is 1. The fourth-order valence-corrected chi connectivity index (χ4v) is 7.45. The molecule has 0 unspecified atom stereocenters. The summed E-state index contributed by atoms with van der Waals surface area (Å²) in [5, 5.41) is 7.20. The lowest BCUT2D eigenvalue weighted by Gasteiger charge is -2.13. The van der Waals surface area contributed by atoms with Crippen LogP contribution in [0.1, 0.15) is 0 Å². The van der Waals surface area contributed by atoms with E-state index in [0.717, 1.165) is 61.1 Å². The van der Waals surface area contributed by atoms with Crippen molar-refractivity contribution in [1.29, 1.82) is 0 Å². The highest BCUT2D eigenvalue weighted by Gasteiger charge is 2.20. The van der Waals surface area contributed by atoms with Crippen LogP contribution in [0.3, 0.4) is 0 Å². The fraction of sp³-hybridized carbons (Fsp3) is 0. The summed E-state index contributed by atoms with van der Waals surface area (Å²) in [7, 11) is 0. The van der Waals surface area contributed by atoms with Crippen molar-refractivity contribution in [1.82, 2.24) is 9.97 Å². The summed E-state index contributed by atoms with van der Waals surface area (Å²) in [5.41, 5.74) is 11.0. The van der Waals surface area contributed by atoms with Crippen LogP contribution in [0.25, 0.3) is 99.6 Å². The molecule has 3 nitrogen and oxygen atoms in total. The Morgan fingerprint density at radius 3 is 1.69 bits per heavy atom. The molecule has 0 amide bonds. The molecule has 0 saturated carbocycles. The van der Waals surface area contributed by atoms with Crippen LogP contribution in [0, 0.1) is 0 Å². The number of fused-ring (bicyclic) bond motifs is 6. The first-order valence-electron chi connectivity index (χ1n) is 17.2. The van der Waals surface area contributed by atoms with Crippen LogP contribution in [0.4, 0.5) is 0 Å². The molecule has 0 atom stereocenters. The number of nitrogens with zero attached hydrogens (tertiary/aromatic N) is 2. The number of furan rings is 1. The van der Waals surface area contributed by atoms with E-state index in [1.165, 1.54) is 32.7 Å². The third-order valence-corrected chi connectivity index (χ3v) is 9.90. The summed E-state index contributed by atoms with van der Waals surface area (Å²) >= 11 is 0. The van der Waals surface area contributed by atoms with E-state index < -0.39 is 0 Å². The van der Waals surface area contributed by atoms with Crippen LogP contribution < -0.4 is 0 Å². The molecule has 2 heterocycles. The molecule has 3 heteroatoms. The Morgan fingerprint density at radius 2 is 0.922 bits per heavy atom. The van der Waals surface area contributed by atoms with Crippen LogP contribution in [0.2, 0.25) is 0 Å². The number of hydrogen-bond acceptors (Lipinski definition) is 3. The fourth-order valence-electron chi connectivity index (χ4n) is 7.45. The molecule has 2 aromatic heterocycles. The van der Waals surface area contributed by atoms with Gasteiger partial charge in [-0.1, -0.05) is 158 Å². The summed E-state index contributed by atoms with van der Waals surface area (Å²) in [6, 6.07) is 63.8. The van der Waals surface area contributed by atoms with Crippen LogP contribution in [0.15, 0.2) is 186 Å². The SMILES string of the molecule is c1ccc(-c2cc(-c3ccc(-c4ccc(-c5cc6ccccc6c6ccccc56)cc4)c4c3oc3ccccc34)nc(-c3ccccc3)n2)cc1. The Balaban J connectivity index is 1.15. The van der Waals surface area contributed by atoms with E-state index in [0.29, 0.717) is 5.82 Å². The maximum absolute atomic E-state index is 6.71. The van der Waals surface area contributed by atoms with Crippen molar-refractivity contribution >= 4 is 43.5 Å². The maximum atomic E-state index is 6.71. The van der Waals surface area contributed by atoms with Crippen molar-refractivity contribution in [3.8, 4) is 56.2 Å². The summed E-state index contributed by atoms with van der Waals surface area (Å²) < 4.78 is 6.71. The average molecular weight is 651 g/mol. The number of hydrogen-bond donors (Lipinski definition) is 0. The number of aromatic nitrogens is 2. The molecular formula is C48H30N2O. The molecule has 0 spiro atoms. The average Bonchev–Trinajstić information content (AvgIpc) is 3.61. The Kier molecular flexibility index (Phi) is 6.81.